The topological polar surface area (TPSA) is 129 Å². The van der Waals surface area contributed by atoms with Gasteiger partial charge in [0.25, 0.3) is 17.7 Å². The van der Waals surface area contributed by atoms with E-state index in [9.17, 15) is 19.2 Å². The lowest BCUT2D eigenvalue weighted by Gasteiger charge is -2.33. The van der Waals surface area contributed by atoms with Crippen LogP contribution in [0.15, 0.2) is 89.5 Å². The molecule has 1 aliphatic heterocycles. The van der Waals surface area contributed by atoms with Gasteiger partial charge in [0, 0.05) is 40.2 Å². The fraction of sp³-hybridized carbons (Fsp3) is 0.324. The van der Waals surface area contributed by atoms with Crippen molar-refractivity contribution in [3.63, 3.8) is 0 Å². The molecule has 256 valence electrons. The maximum absolute atomic E-state index is 13.5. The number of carbonyl (C=O) groups excluding carboxylic acids is 4. The predicted molar refractivity (Wildman–Crippen MR) is 187 cm³/mol. The Morgan fingerprint density at radius 3 is 2.18 bits per heavy atom. The van der Waals surface area contributed by atoms with Gasteiger partial charge in [-0.25, -0.2) is 9.48 Å². The number of amides is 3. The highest BCUT2D eigenvalue weighted by Gasteiger charge is 2.36. The smallest absolute Gasteiger partial charge is 0.336 e. The fourth-order valence-corrected chi connectivity index (χ4v) is 5.24. The zero-order chi connectivity index (χ0) is 35.2. The summed E-state index contributed by atoms with van der Waals surface area (Å²) in [6, 6.07) is 24.4. The molecule has 11 nitrogen and oxygen atoms in total. The minimum Gasteiger partial charge on any atom is -0.493 e. The summed E-state index contributed by atoms with van der Waals surface area (Å²) in [4.78, 5) is 54.7. The van der Waals surface area contributed by atoms with E-state index >= 15 is 0 Å². The second kappa shape index (κ2) is 15.2. The molecular weight excluding hydrogens is 692 g/mol. The zero-order valence-electron chi connectivity index (χ0n) is 27.9. The zero-order valence-corrected chi connectivity index (χ0v) is 29.5. The Morgan fingerprint density at radius 2 is 1.55 bits per heavy atom. The molecule has 3 amide bonds. The Balaban J connectivity index is 1.17. The van der Waals surface area contributed by atoms with E-state index in [1.807, 2.05) is 75.4 Å². The average Bonchev–Trinajstić information content (AvgIpc) is 3.68. The number of rotatable bonds is 14. The Morgan fingerprint density at radius 1 is 0.898 bits per heavy atom. The van der Waals surface area contributed by atoms with Gasteiger partial charge in [-0.15, -0.1) is 5.06 Å². The van der Waals surface area contributed by atoms with Crippen molar-refractivity contribution in [1.29, 1.82) is 0 Å². The van der Waals surface area contributed by atoms with Crippen LogP contribution >= 0.6 is 15.9 Å². The Kier molecular flexibility index (Phi) is 11.0. The van der Waals surface area contributed by atoms with Crippen LogP contribution in [0.4, 0.5) is 5.69 Å². The van der Waals surface area contributed by atoms with E-state index in [4.69, 9.17) is 19.4 Å². The molecule has 4 aromatic rings. The summed E-state index contributed by atoms with van der Waals surface area (Å²) in [5.74, 6) is -1.43. The van der Waals surface area contributed by atoms with Crippen LogP contribution in [-0.4, -0.2) is 57.3 Å². The van der Waals surface area contributed by atoms with E-state index in [-0.39, 0.29) is 31.8 Å². The van der Waals surface area contributed by atoms with Gasteiger partial charge in [-0.3, -0.25) is 14.4 Å². The number of aromatic nitrogens is 2. The van der Waals surface area contributed by atoms with Crippen LogP contribution in [0.25, 0.3) is 16.9 Å². The molecule has 0 saturated carbocycles. The summed E-state index contributed by atoms with van der Waals surface area (Å²) in [6.07, 6.45) is 2.18. The lowest BCUT2D eigenvalue weighted by Crippen LogP contribution is -2.39. The molecule has 3 aromatic carbocycles. The highest BCUT2D eigenvalue weighted by Crippen LogP contribution is 2.29. The first kappa shape index (κ1) is 35.5. The van der Waals surface area contributed by atoms with Gasteiger partial charge >= 0.3 is 5.97 Å². The number of imide groups is 1. The molecule has 2 heterocycles. The Labute approximate surface area is 293 Å². The van der Waals surface area contributed by atoms with Crippen LogP contribution in [-0.2, 0) is 24.0 Å². The number of anilines is 1. The van der Waals surface area contributed by atoms with Crippen molar-refractivity contribution < 1.29 is 33.5 Å². The van der Waals surface area contributed by atoms with E-state index in [1.165, 1.54) is 0 Å². The second-order valence-corrected chi connectivity index (χ2v) is 13.8. The highest BCUT2D eigenvalue weighted by atomic mass is 79.9. The predicted octanol–water partition coefficient (Wildman–Crippen LogP) is 7.14. The highest BCUT2D eigenvalue weighted by molar-refractivity contribution is 9.10. The van der Waals surface area contributed by atoms with Crippen molar-refractivity contribution in [2.24, 2.45) is 5.41 Å². The molecule has 12 heteroatoms. The first-order chi connectivity index (χ1) is 23.3. The lowest BCUT2D eigenvalue weighted by molar-refractivity contribution is -0.202. The van der Waals surface area contributed by atoms with E-state index in [1.54, 1.807) is 42.1 Å². The molecule has 1 aliphatic rings. The molecule has 5 rings (SSSR count). The number of hydrogen-bond donors (Lipinski definition) is 1. The van der Waals surface area contributed by atoms with E-state index in [0.29, 0.717) is 40.8 Å². The third-order valence-corrected chi connectivity index (χ3v) is 8.64. The van der Waals surface area contributed by atoms with Crippen molar-refractivity contribution in [2.75, 3.05) is 18.5 Å². The van der Waals surface area contributed by atoms with Crippen molar-refractivity contribution in [3.05, 3.63) is 95.1 Å². The number of halogens is 1. The molecule has 1 unspecified atom stereocenters. The third kappa shape index (κ3) is 9.21. The number of nitrogens with one attached hydrogen (secondary N) is 1. The van der Waals surface area contributed by atoms with Gasteiger partial charge in [-0.1, -0.05) is 67.0 Å². The Bertz CT molecular complexity index is 1790. The minimum absolute atomic E-state index is 0.0367. The van der Waals surface area contributed by atoms with Gasteiger partial charge in [0.05, 0.1) is 36.5 Å². The number of para-hydroxylation sites is 1. The number of ether oxygens (including phenoxy) is 2. The summed E-state index contributed by atoms with van der Waals surface area (Å²) in [7, 11) is 0. The van der Waals surface area contributed by atoms with Gasteiger partial charge in [0.15, 0.2) is 0 Å². The third-order valence-electron chi connectivity index (χ3n) is 8.12. The van der Waals surface area contributed by atoms with Gasteiger partial charge in [-0.2, -0.15) is 5.10 Å². The first-order valence-electron chi connectivity index (χ1n) is 16.0. The monoisotopic (exact) mass is 730 g/mol. The fourth-order valence-electron chi connectivity index (χ4n) is 4.97. The summed E-state index contributed by atoms with van der Waals surface area (Å²) in [5, 5.41) is 8.27. The normalized spacial score (nSPS) is 14.4. The largest absolute Gasteiger partial charge is 0.493 e. The second-order valence-electron chi connectivity index (χ2n) is 12.9. The molecule has 0 aliphatic carbocycles. The van der Waals surface area contributed by atoms with Crippen LogP contribution in [0.2, 0.25) is 0 Å². The van der Waals surface area contributed by atoms with Gasteiger partial charge in [0.2, 0.25) is 0 Å². The lowest BCUT2D eigenvalue weighted by atomic mass is 9.94. The number of benzene rings is 3. The maximum atomic E-state index is 13.5. The van der Waals surface area contributed by atoms with Crippen LogP contribution in [0, 0.1) is 5.41 Å². The summed E-state index contributed by atoms with van der Waals surface area (Å²) in [5.41, 5.74) is 1.93. The van der Waals surface area contributed by atoms with Crippen molar-refractivity contribution in [3.8, 4) is 22.7 Å². The number of hydroxylamine groups is 2. The molecule has 1 saturated heterocycles. The summed E-state index contributed by atoms with van der Waals surface area (Å²) in [6.45, 7) is 8.24. The number of nitrogens with zero attached hydrogens (tertiary/aromatic N) is 3. The maximum Gasteiger partial charge on any atom is 0.336 e. The van der Waals surface area contributed by atoms with Crippen molar-refractivity contribution in [2.45, 2.75) is 59.0 Å². The van der Waals surface area contributed by atoms with Gasteiger partial charge in [-0.05, 0) is 61.9 Å². The minimum atomic E-state index is -0.866. The molecule has 0 spiro atoms. The molecule has 49 heavy (non-hydrogen) atoms. The average molecular weight is 732 g/mol. The van der Waals surface area contributed by atoms with E-state index in [0.717, 1.165) is 15.7 Å². The molecule has 1 fully saturated rings. The van der Waals surface area contributed by atoms with Crippen LogP contribution in [0.3, 0.4) is 0 Å². The summed E-state index contributed by atoms with van der Waals surface area (Å²) < 4.78 is 14.9. The SMILES string of the molecule is CCC(C)(CC(=O)ON1C(=O)CCC1=O)OCC(C)(C)COc1ccc(NC(=O)c2cn(-c3ccccc3)nc2-c2ccc(Br)cc2)cc1. The molecule has 0 radical (unpaired) electrons. The Hall–Kier alpha value is -4.81. The number of carbonyl (C=O) groups is 4. The van der Waals surface area contributed by atoms with Crippen molar-refractivity contribution >= 4 is 45.3 Å². The van der Waals surface area contributed by atoms with Crippen LogP contribution in [0.5, 0.6) is 5.75 Å². The van der Waals surface area contributed by atoms with Crippen LogP contribution in [0.1, 0.15) is 63.7 Å². The first-order valence-corrected chi connectivity index (χ1v) is 16.8. The molecule has 0 bridgehead atoms. The molecule has 1 aromatic heterocycles. The summed E-state index contributed by atoms with van der Waals surface area (Å²) >= 11 is 3.47. The van der Waals surface area contributed by atoms with E-state index < -0.39 is 28.8 Å². The quantitative estimate of drug-likeness (QED) is 0.136. The van der Waals surface area contributed by atoms with Crippen LogP contribution < -0.4 is 10.1 Å². The number of hydrogen-bond acceptors (Lipinski definition) is 8. The molecule has 1 atom stereocenters. The van der Waals surface area contributed by atoms with Crippen molar-refractivity contribution in [1.82, 2.24) is 14.8 Å². The van der Waals surface area contributed by atoms with Gasteiger partial charge in [0.1, 0.15) is 11.4 Å². The molecular formula is C37H39BrN4O7. The van der Waals surface area contributed by atoms with Gasteiger partial charge < -0.3 is 19.6 Å². The standard InChI is InChI=1S/C37H39BrN4O7/c1-5-37(4,21-33(45)49-42-31(43)19-20-32(42)44)48-24-36(2,3)23-47-29-17-15-27(16-18-29)39-35(46)30-22-41(28-9-7-6-8-10-28)40-34(30)25-11-13-26(38)14-12-25/h6-18,22H,5,19-21,23-24H2,1-4H3,(H,39,46). The molecule has 1 N–H and O–H groups in total. The van der Waals surface area contributed by atoms with E-state index in [2.05, 4.69) is 21.2 Å².